The second-order valence-corrected chi connectivity index (χ2v) is 5.64. The van der Waals surface area contributed by atoms with Crippen LogP contribution in [-0.4, -0.2) is 20.5 Å². The third-order valence-corrected chi connectivity index (χ3v) is 4.34. The number of benzene rings is 1. The van der Waals surface area contributed by atoms with Crippen molar-refractivity contribution in [2.45, 2.75) is 19.8 Å². The molecule has 2 aromatic heterocycles. The van der Waals surface area contributed by atoms with Crippen LogP contribution in [0.15, 0.2) is 36.7 Å². The highest BCUT2D eigenvalue weighted by Gasteiger charge is 2.16. The number of nitrogens with zero attached hydrogens (tertiary/aromatic N) is 2. The average molecular weight is 286 g/mol. The molecule has 3 aromatic rings. The molecule has 0 amide bonds. The van der Waals surface area contributed by atoms with E-state index in [0.717, 1.165) is 27.5 Å². The Balaban J connectivity index is 2.15. The molecule has 1 aromatic carbocycles. The fourth-order valence-electron chi connectivity index (χ4n) is 2.28. The number of aliphatic carboxylic acids is 1. The van der Waals surface area contributed by atoms with Gasteiger partial charge in [-0.3, -0.25) is 9.20 Å². The Morgan fingerprint density at radius 3 is 2.75 bits per heavy atom. The van der Waals surface area contributed by atoms with Crippen LogP contribution < -0.4 is 0 Å². The maximum Gasteiger partial charge on any atom is 0.308 e. The molecule has 0 bridgehead atoms. The van der Waals surface area contributed by atoms with Crippen LogP contribution in [0.1, 0.15) is 17.4 Å². The third kappa shape index (κ3) is 2.20. The monoisotopic (exact) mass is 286 g/mol. The quantitative estimate of drug-likeness (QED) is 0.801. The maximum atomic E-state index is 11.0. The van der Waals surface area contributed by atoms with Gasteiger partial charge < -0.3 is 5.11 Å². The minimum Gasteiger partial charge on any atom is -0.481 e. The van der Waals surface area contributed by atoms with E-state index in [-0.39, 0.29) is 6.42 Å². The summed E-state index contributed by atoms with van der Waals surface area (Å²) in [6.07, 6.45) is 4.63. The summed E-state index contributed by atoms with van der Waals surface area (Å²) in [6.45, 7) is 2.11. The summed E-state index contributed by atoms with van der Waals surface area (Å²) < 4.78 is 1.96. The lowest BCUT2D eigenvalue weighted by molar-refractivity contribution is -0.136. The van der Waals surface area contributed by atoms with E-state index >= 15 is 0 Å². The number of aromatic nitrogens is 2. The zero-order valence-corrected chi connectivity index (χ0v) is 11.9. The van der Waals surface area contributed by atoms with E-state index in [1.165, 1.54) is 16.9 Å². The molecular formula is C15H14N2O2S. The maximum absolute atomic E-state index is 11.0. The molecule has 1 N–H and O–H groups in total. The summed E-state index contributed by atoms with van der Waals surface area (Å²) in [6, 6.07) is 8.26. The Morgan fingerprint density at radius 1 is 1.35 bits per heavy atom. The number of carbonyl (C=O) groups is 1. The van der Waals surface area contributed by atoms with Gasteiger partial charge in [0.15, 0.2) is 4.96 Å². The molecule has 20 heavy (non-hydrogen) atoms. The van der Waals surface area contributed by atoms with E-state index < -0.39 is 5.97 Å². The SMILES string of the molecule is CCc1ccc(-c2c(CC(=O)O)sc3nccn23)cc1. The molecule has 0 fully saturated rings. The number of imidazole rings is 1. The normalized spacial score (nSPS) is 11.1. The number of aryl methyl sites for hydroxylation is 1. The lowest BCUT2D eigenvalue weighted by atomic mass is 10.1. The van der Waals surface area contributed by atoms with Gasteiger partial charge in [-0.15, -0.1) is 11.3 Å². The van der Waals surface area contributed by atoms with E-state index in [1.54, 1.807) is 6.20 Å². The highest BCUT2D eigenvalue weighted by molar-refractivity contribution is 7.17. The summed E-state index contributed by atoms with van der Waals surface area (Å²) in [4.78, 5) is 17.0. The lowest BCUT2D eigenvalue weighted by Gasteiger charge is -2.05. The minimum atomic E-state index is -0.819. The Hall–Kier alpha value is -2.14. The number of thiazole rings is 1. The molecule has 4 nitrogen and oxygen atoms in total. The second kappa shape index (κ2) is 5.09. The number of hydrogen-bond acceptors (Lipinski definition) is 3. The van der Waals surface area contributed by atoms with Crippen LogP contribution in [0.2, 0.25) is 0 Å². The summed E-state index contributed by atoms with van der Waals surface area (Å²) in [5.41, 5.74) is 3.24. The highest BCUT2D eigenvalue weighted by atomic mass is 32.1. The predicted molar refractivity (Wildman–Crippen MR) is 79.2 cm³/mol. The molecule has 0 radical (unpaired) electrons. The molecule has 102 valence electrons. The van der Waals surface area contributed by atoms with Crippen molar-refractivity contribution in [2.24, 2.45) is 0 Å². The zero-order valence-electron chi connectivity index (χ0n) is 11.0. The largest absolute Gasteiger partial charge is 0.481 e. The summed E-state index contributed by atoms with van der Waals surface area (Å²) in [5.74, 6) is -0.819. The van der Waals surface area contributed by atoms with E-state index in [0.29, 0.717) is 0 Å². The zero-order chi connectivity index (χ0) is 14.1. The standard InChI is InChI=1S/C15H14N2O2S/c1-2-10-3-5-11(6-4-10)14-12(9-13(18)19)20-15-16-7-8-17(14)15/h3-8H,2,9H2,1H3,(H,18,19). The molecule has 2 heterocycles. The van der Waals surface area contributed by atoms with Crippen molar-refractivity contribution in [1.82, 2.24) is 9.38 Å². The molecule has 0 spiro atoms. The summed E-state index contributed by atoms with van der Waals surface area (Å²) in [5, 5.41) is 9.06. The van der Waals surface area contributed by atoms with Gasteiger partial charge in [-0.2, -0.15) is 0 Å². The van der Waals surface area contributed by atoms with Gasteiger partial charge in [-0.05, 0) is 17.5 Å². The molecule has 0 atom stereocenters. The van der Waals surface area contributed by atoms with Gasteiger partial charge in [-0.25, -0.2) is 4.98 Å². The smallest absolute Gasteiger partial charge is 0.308 e. The number of carboxylic acid groups (broad SMARTS) is 1. The Kier molecular flexibility index (Phi) is 3.28. The van der Waals surface area contributed by atoms with Crippen molar-refractivity contribution >= 4 is 22.3 Å². The first kappa shape index (κ1) is 12.9. The first-order chi connectivity index (χ1) is 9.69. The van der Waals surface area contributed by atoms with Gasteiger partial charge >= 0.3 is 5.97 Å². The van der Waals surface area contributed by atoms with Crippen LogP contribution in [-0.2, 0) is 17.6 Å². The van der Waals surface area contributed by atoms with E-state index in [4.69, 9.17) is 5.11 Å². The molecular weight excluding hydrogens is 272 g/mol. The Bertz CT molecular complexity index is 756. The van der Waals surface area contributed by atoms with Crippen LogP contribution in [0.25, 0.3) is 16.2 Å². The van der Waals surface area contributed by atoms with Crippen molar-refractivity contribution < 1.29 is 9.90 Å². The van der Waals surface area contributed by atoms with Crippen LogP contribution in [0.4, 0.5) is 0 Å². The number of rotatable bonds is 4. The fourth-order valence-corrected chi connectivity index (χ4v) is 3.38. The first-order valence-corrected chi connectivity index (χ1v) is 7.26. The van der Waals surface area contributed by atoms with E-state index in [1.807, 2.05) is 22.7 Å². The van der Waals surface area contributed by atoms with E-state index in [2.05, 4.69) is 24.0 Å². The molecule has 0 saturated carbocycles. The van der Waals surface area contributed by atoms with Gasteiger partial charge in [0.25, 0.3) is 0 Å². The molecule has 3 rings (SSSR count). The fraction of sp³-hybridized carbons (Fsp3) is 0.200. The summed E-state index contributed by atoms with van der Waals surface area (Å²) in [7, 11) is 0. The molecule has 0 aliphatic rings. The first-order valence-electron chi connectivity index (χ1n) is 6.45. The molecule has 0 saturated heterocycles. The minimum absolute atomic E-state index is 0.0267. The lowest BCUT2D eigenvalue weighted by Crippen LogP contribution is -2.00. The van der Waals surface area contributed by atoms with Crippen molar-refractivity contribution in [3.05, 3.63) is 47.1 Å². The van der Waals surface area contributed by atoms with Crippen LogP contribution >= 0.6 is 11.3 Å². The second-order valence-electron chi connectivity index (χ2n) is 4.57. The van der Waals surface area contributed by atoms with Crippen LogP contribution in [0, 0.1) is 0 Å². The predicted octanol–water partition coefficient (Wildman–Crippen LogP) is 3.25. The molecule has 0 unspecified atom stereocenters. The Labute approximate surface area is 120 Å². The van der Waals surface area contributed by atoms with Gasteiger partial charge in [0.05, 0.1) is 12.1 Å². The van der Waals surface area contributed by atoms with Gasteiger partial charge in [0.1, 0.15) is 0 Å². The average Bonchev–Trinajstić information content (AvgIpc) is 2.98. The molecule has 0 aliphatic heterocycles. The van der Waals surface area contributed by atoms with Gasteiger partial charge in [0, 0.05) is 17.3 Å². The Morgan fingerprint density at radius 2 is 2.10 bits per heavy atom. The van der Waals surface area contributed by atoms with Gasteiger partial charge in [-0.1, -0.05) is 31.2 Å². The number of carboxylic acids is 1. The van der Waals surface area contributed by atoms with Crippen molar-refractivity contribution in [3.63, 3.8) is 0 Å². The number of fused-ring (bicyclic) bond motifs is 1. The van der Waals surface area contributed by atoms with Crippen LogP contribution in [0.3, 0.4) is 0 Å². The highest BCUT2D eigenvalue weighted by Crippen LogP contribution is 2.32. The summed E-state index contributed by atoms with van der Waals surface area (Å²) >= 11 is 1.43. The number of hydrogen-bond donors (Lipinski definition) is 1. The van der Waals surface area contributed by atoms with Crippen LogP contribution in [0.5, 0.6) is 0 Å². The van der Waals surface area contributed by atoms with E-state index in [9.17, 15) is 4.79 Å². The van der Waals surface area contributed by atoms with Crippen molar-refractivity contribution in [3.8, 4) is 11.3 Å². The van der Waals surface area contributed by atoms with Gasteiger partial charge in [0.2, 0.25) is 0 Å². The molecule has 0 aliphatic carbocycles. The topological polar surface area (TPSA) is 54.6 Å². The van der Waals surface area contributed by atoms with Crippen molar-refractivity contribution in [2.75, 3.05) is 0 Å². The molecule has 5 heteroatoms. The third-order valence-electron chi connectivity index (χ3n) is 3.27. The van der Waals surface area contributed by atoms with Crippen molar-refractivity contribution in [1.29, 1.82) is 0 Å².